The highest BCUT2D eigenvalue weighted by atomic mass is 32.2. The van der Waals surface area contributed by atoms with Gasteiger partial charge in [0.25, 0.3) is 5.56 Å². The summed E-state index contributed by atoms with van der Waals surface area (Å²) in [7, 11) is 0. The molecule has 2 aromatic rings. The second-order valence-electron chi connectivity index (χ2n) is 5.57. The van der Waals surface area contributed by atoms with Gasteiger partial charge in [0.15, 0.2) is 0 Å². The Morgan fingerprint density at radius 2 is 2.15 bits per heavy atom. The maximum Gasteiger partial charge on any atom is 0.292 e. The van der Waals surface area contributed by atoms with Gasteiger partial charge in [0.2, 0.25) is 11.8 Å². The van der Waals surface area contributed by atoms with Crippen molar-refractivity contribution in [1.29, 1.82) is 0 Å². The highest BCUT2D eigenvalue weighted by molar-refractivity contribution is 8.00. The topological polar surface area (TPSA) is 84.3 Å². The zero-order chi connectivity index (χ0) is 19.6. The molecule has 0 radical (unpaired) electrons. The molecule has 2 amide bonds. The molecule has 7 nitrogen and oxygen atoms in total. The summed E-state index contributed by atoms with van der Waals surface area (Å²) in [5.41, 5.74) is -0.856. The van der Waals surface area contributed by atoms with Crippen LogP contribution in [0.15, 0.2) is 46.7 Å². The van der Waals surface area contributed by atoms with Crippen molar-refractivity contribution in [3.05, 3.63) is 59.0 Å². The molecule has 1 N–H and O–H groups in total. The van der Waals surface area contributed by atoms with Crippen molar-refractivity contribution in [2.45, 2.75) is 11.4 Å². The normalized spacial score (nSPS) is 13.3. The largest absolute Gasteiger partial charge is 0.322 e. The van der Waals surface area contributed by atoms with E-state index in [9.17, 15) is 23.2 Å². The number of hydrogen-bond acceptors (Lipinski definition) is 5. The van der Waals surface area contributed by atoms with E-state index in [1.165, 1.54) is 28.9 Å². The fraction of sp³-hybridized carbons (Fsp3) is 0.176. The molecule has 1 aromatic carbocycles. The van der Waals surface area contributed by atoms with Crippen LogP contribution in [0.25, 0.3) is 0 Å². The zero-order valence-electron chi connectivity index (χ0n) is 13.9. The summed E-state index contributed by atoms with van der Waals surface area (Å²) in [5.74, 6) is -2.38. The van der Waals surface area contributed by atoms with Crippen molar-refractivity contribution in [2.75, 3.05) is 22.5 Å². The van der Waals surface area contributed by atoms with Gasteiger partial charge in [0.1, 0.15) is 23.9 Å². The zero-order valence-corrected chi connectivity index (χ0v) is 14.8. The number of anilines is 2. The molecule has 3 rings (SSSR count). The first-order valence-electron chi connectivity index (χ1n) is 7.79. The number of carbonyl (C=O) groups is 2. The molecule has 2 heterocycles. The van der Waals surface area contributed by atoms with Crippen molar-refractivity contribution in [2.24, 2.45) is 0 Å². The lowest BCUT2D eigenvalue weighted by Gasteiger charge is -2.27. The third-order valence-corrected chi connectivity index (χ3v) is 4.72. The number of fused-ring (bicyclic) bond motifs is 1. The number of benzene rings is 1. The van der Waals surface area contributed by atoms with E-state index in [1.54, 1.807) is 0 Å². The summed E-state index contributed by atoms with van der Waals surface area (Å²) >= 11 is 1.18. The van der Waals surface area contributed by atoms with Gasteiger partial charge in [-0.25, -0.2) is 13.5 Å². The molecule has 1 aliphatic rings. The van der Waals surface area contributed by atoms with Gasteiger partial charge in [0.05, 0.1) is 22.5 Å². The summed E-state index contributed by atoms with van der Waals surface area (Å²) in [5, 5.41) is 6.12. The van der Waals surface area contributed by atoms with E-state index in [0.717, 1.165) is 22.9 Å². The van der Waals surface area contributed by atoms with Crippen LogP contribution in [0.3, 0.4) is 0 Å². The maximum absolute atomic E-state index is 13.6. The summed E-state index contributed by atoms with van der Waals surface area (Å²) in [4.78, 5) is 38.7. The monoisotopic (exact) mass is 392 g/mol. The molecule has 1 aromatic heterocycles. The molecule has 0 atom stereocenters. The number of nitrogens with zero attached hydrogens (tertiary/aromatic N) is 3. The highest BCUT2D eigenvalue weighted by Crippen LogP contribution is 2.31. The predicted molar refractivity (Wildman–Crippen MR) is 96.8 cm³/mol. The van der Waals surface area contributed by atoms with Gasteiger partial charge in [-0.05, 0) is 12.1 Å². The fourth-order valence-electron chi connectivity index (χ4n) is 2.51. The fourth-order valence-corrected chi connectivity index (χ4v) is 3.40. The molecular formula is C17H14F2N4O3S. The lowest BCUT2D eigenvalue weighted by atomic mass is 10.3. The van der Waals surface area contributed by atoms with E-state index in [4.69, 9.17) is 0 Å². The molecule has 0 saturated carbocycles. The number of carbonyl (C=O) groups excluding carboxylic acids is 2. The van der Waals surface area contributed by atoms with Gasteiger partial charge < -0.3 is 10.2 Å². The summed E-state index contributed by atoms with van der Waals surface area (Å²) in [6.45, 7) is 3.19. The number of amides is 2. The predicted octanol–water partition coefficient (Wildman–Crippen LogP) is 1.78. The Morgan fingerprint density at radius 1 is 1.37 bits per heavy atom. The number of thioether (sulfide) groups is 1. The Bertz CT molecular complexity index is 993. The van der Waals surface area contributed by atoms with E-state index in [0.29, 0.717) is 4.90 Å². The van der Waals surface area contributed by atoms with Crippen LogP contribution in [0.2, 0.25) is 0 Å². The maximum atomic E-state index is 13.6. The molecule has 27 heavy (non-hydrogen) atoms. The van der Waals surface area contributed by atoms with Gasteiger partial charge in [-0.15, -0.1) is 18.3 Å². The molecule has 0 aliphatic carbocycles. The van der Waals surface area contributed by atoms with E-state index >= 15 is 0 Å². The molecule has 0 unspecified atom stereocenters. The minimum Gasteiger partial charge on any atom is -0.322 e. The van der Waals surface area contributed by atoms with Crippen LogP contribution in [0.5, 0.6) is 0 Å². The molecule has 0 bridgehead atoms. The van der Waals surface area contributed by atoms with E-state index in [2.05, 4.69) is 17.0 Å². The Morgan fingerprint density at radius 3 is 2.89 bits per heavy atom. The number of aromatic nitrogens is 2. The van der Waals surface area contributed by atoms with Crippen LogP contribution >= 0.6 is 11.8 Å². The lowest BCUT2D eigenvalue weighted by Crippen LogP contribution is -2.42. The molecule has 140 valence electrons. The molecule has 1 aliphatic heterocycles. The van der Waals surface area contributed by atoms with Crippen molar-refractivity contribution in [3.63, 3.8) is 0 Å². The Kier molecular flexibility index (Phi) is 5.36. The van der Waals surface area contributed by atoms with Gasteiger partial charge in [0, 0.05) is 12.6 Å². The molecule has 0 saturated heterocycles. The number of rotatable bonds is 5. The van der Waals surface area contributed by atoms with Crippen molar-refractivity contribution in [3.8, 4) is 0 Å². The van der Waals surface area contributed by atoms with Crippen LogP contribution in [0.4, 0.5) is 20.2 Å². The van der Waals surface area contributed by atoms with Crippen LogP contribution in [0, 0.1) is 11.6 Å². The first-order chi connectivity index (χ1) is 12.9. The average Bonchev–Trinajstić information content (AvgIpc) is 2.63. The van der Waals surface area contributed by atoms with Crippen molar-refractivity contribution < 1.29 is 18.4 Å². The molecule has 0 fully saturated rings. The number of halogens is 2. The van der Waals surface area contributed by atoms with E-state index in [1.807, 2.05) is 0 Å². The molecule has 0 spiro atoms. The van der Waals surface area contributed by atoms with Gasteiger partial charge in [-0.1, -0.05) is 6.08 Å². The average molecular weight is 392 g/mol. The van der Waals surface area contributed by atoms with Crippen LogP contribution in [0.1, 0.15) is 0 Å². The highest BCUT2D eigenvalue weighted by Gasteiger charge is 2.28. The summed E-state index contributed by atoms with van der Waals surface area (Å²) in [6.07, 6.45) is 2.88. The van der Waals surface area contributed by atoms with Crippen LogP contribution in [-0.4, -0.2) is 33.9 Å². The summed E-state index contributed by atoms with van der Waals surface area (Å²) in [6, 6.07) is 2.63. The van der Waals surface area contributed by atoms with Crippen molar-refractivity contribution >= 4 is 35.0 Å². The minimum atomic E-state index is -0.811. The molecule has 10 heteroatoms. The number of hydrogen-bond donors (Lipinski definition) is 1. The summed E-state index contributed by atoms with van der Waals surface area (Å²) < 4.78 is 27.7. The first kappa shape index (κ1) is 18.8. The minimum absolute atomic E-state index is 0.121. The first-order valence-corrected chi connectivity index (χ1v) is 8.78. The lowest BCUT2D eigenvalue weighted by molar-refractivity contribution is -0.117. The second kappa shape index (κ2) is 7.70. The van der Waals surface area contributed by atoms with Crippen molar-refractivity contribution in [1.82, 2.24) is 9.78 Å². The van der Waals surface area contributed by atoms with Crippen LogP contribution in [-0.2, 0) is 16.1 Å². The third kappa shape index (κ3) is 3.90. The Balaban J connectivity index is 1.87. The Hall–Kier alpha value is -3.01. The number of nitrogens with one attached hydrogen (secondary N) is 1. The smallest absolute Gasteiger partial charge is 0.292 e. The van der Waals surface area contributed by atoms with Gasteiger partial charge in [-0.3, -0.25) is 14.4 Å². The Labute approximate surface area is 156 Å². The second-order valence-corrected chi connectivity index (χ2v) is 6.59. The molecular weight excluding hydrogens is 378 g/mol. The quantitative estimate of drug-likeness (QED) is 0.785. The SMILES string of the molecule is C=CCN1C(=O)CSc2cnn(CC(=O)Nc3cc(F)ccc3F)c(=O)c21. The van der Waals surface area contributed by atoms with Gasteiger partial charge in [-0.2, -0.15) is 5.10 Å². The van der Waals surface area contributed by atoms with Crippen LogP contribution < -0.4 is 15.8 Å². The van der Waals surface area contributed by atoms with Gasteiger partial charge >= 0.3 is 0 Å². The van der Waals surface area contributed by atoms with E-state index < -0.39 is 29.6 Å². The van der Waals surface area contributed by atoms with E-state index in [-0.39, 0.29) is 29.6 Å². The standard InChI is InChI=1S/C17H14F2N4O3S/c1-2-5-22-15(25)9-27-13-7-20-23(17(26)16(13)22)8-14(24)21-12-6-10(18)3-4-11(12)19/h2-4,6-7H,1,5,8-9H2,(H,21,24). The third-order valence-electron chi connectivity index (χ3n) is 3.71.